The summed E-state index contributed by atoms with van der Waals surface area (Å²) in [5.74, 6) is 0.823. The first-order valence-corrected chi connectivity index (χ1v) is 6.27. The van der Waals surface area contributed by atoms with Gasteiger partial charge < -0.3 is 10.3 Å². The minimum atomic E-state index is 0.823. The highest BCUT2D eigenvalue weighted by atomic mass is 14.9. The van der Waals surface area contributed by atoms with Gasteiger partial charge in [0.2, 0.25) is 0 Å². The lowest BCUT2D eigenvalue weighted by Crippen LogP contribution is -2.27. The van der Waals surface area contributed by atoms with E-state index >= 15 is 0 Å². The molecule has 2 nitrogen and oxygen atoms in total. The minimum absolute atomic E-state index is 0.823. The first kappa shape index (κ1) is 9.46. The van der Waals surface area contributed by atoms with Crippen LogP contribution in [-0.4, -0.2) is 18.1 Å². The topological polar surface area (TPSA) is 27.8 Å². The predicted molar refractivity (Wildman–Crippen MR) is 62.4 cm³/mol. The van der Waals surface area contributed by atoms with Crippen LogP contribution in [0.1, 0.15) is 47.7 Å². The molecule has 1 aromatic rings. The summed E-state index contributed by atoms with van der Waals surface area (Å²) < 4.78 is 0. The standard InChI is InChI=1S/C13H20N2/c1-9-13(10-5-7-14-8-6-10)11-3-2-4-12(11)15-9/h10,14-15H,2-8H2,1H3. The Bertz CT molecular complexity index is 359. The summed E-state index contributed by atoms with van der Waals surface area (Å²) in [6, 6.07) is 0. The molecule has 1 aliphatic carbocycles. The van der Waals surface area contributed by atoms with Gasteiger partial charge in [0.05, 0.1) is 0 Å². The second-order valence-corrected chi connectivity index (χ2v) is 5.00. The van der Waals surface area contributed by atoms with Crippen LogP contribution in [0.5, 0.6) is 0 Å². The Hall–Kier alpha value is -0.760. The molecule has 0 amide bonds. The van der Waals surface area contributed by atoms with Crippen LogP contribution in [0.15, 0.2) is 0 Å². The maximum Gasteiger partial charge on any atom is 0.0184 e. The minimum Gasteiger partial charge on any atom is -0.362 e. The van der Waals surface area contributed by atoms with Crippen LogP contribution in [0.4, 0.5) is 0 Å². The quantitative estimate of drug-likeness (QED) is 0.721. The number of aryl methyl sites for hydroxylation is 2. The van der Waals surface area contributed by atoms with Crippen LogP contribution in [0.2, 0.25) is 0 Å². The van der Waals surface area contributed by atoms with Crippen molar-refractivity contribution >= 4 is 0 Å². The molecule has 0 atom stereocenters. The van der Waals surface area contributed by atoms with Gasteiger partial charge in [0, 0.05) is 11.4 Å². The zero-order valence-corrected chi connectivity index (χ0v) is 9.53. The number of rotatable bonds is 1. The monoisotopic (exact) mass is 204 g/mol. The van der Waals surface area contributed by atoms with E-state index in [9.17, 15) is 0 Å². The number of piperidine rings is 1. The van der Waals surface area contributed by atoms with Crippen molar-refractivity contribution in [3.05, 3.63) is 22.5 Å². The molecule has 0 spiro atoms. The second-order valence-electron chi connectivity index (χ2n) is 5.00. The molecule has 2 N–H and O–H groups in total. The highest BCUT2D eigenvalue weighted by Gasteiger charge is 2.26. The first-order valence-electron chi connectivity index (χ1n) is 6.27. The van der Waals surface area contributed by atoms with Gasteiger partial charge in [0.1, 0.15) is 0 Å². The Balaban J connectivity index is 1.95. The van der Waals surface area contributed by atoms with Gasteiger partial charge in [-0.3, -0.25) is 0 Å². The van der Waals surface area contributed by atoms with Gasteiger partial charge >= 0.3 is 0 Å². The average Bonchev–Trinajstić information content (AvgIpc) is 2.78. The van der Waals surface area contributed by atoms with E-state index in [1.807, 2.05) is 0 Å². The summed E-state index contributed by atoms with van der Waals surface area (Å²) >= 11 is 0. The lowest BCUT2D eigenvalue weighted by Gasteiger charge is -2.24. The summed E-state index contributed by atoms with van der Waals surface area (Å²) in [5.41, 5.74) is 6.36. The molecule has 1 saturated heterocycles. The summed E-state index contributed by atoms with van der Waals surface area (Å²) in [6.45, 7) is 4.66. The van der Waals surface area contributed by atoms with E-state index in [1.54, 1.807) is 16.8 Å². The van der Waals surface area contributed by atoms with E-state index in [0.29, 0.717) is 0 Å². The predicted octanol–water partition coefficient (Wildman–Crippen LogP) is 2.28. The molecule has 1 fully saturated rings. The Labute approximate surface area is 91.5 Å². The average molecular weight is 204 g/mol. The van der Waals surface area contributed by atoms with Gasteiger partial charge in [-0.15, -0.1) is 0 Å². The highest BCUT2D eigenvalue weighted by molar-refractivity contribution is 5.42. The van der Waals surface area contributed by atoms with Crippen molar-refractivity contribution in [2.24, 2.45) is 0 Å². The van der Waals surface area contributed by atoms with E-state index < -0.39 is 0 Å². The summed E-state index contributed by atoms with van der Waals surface area (Å²) in [6.07, 6.45) is 6.61. The SMILES string of the molecule is Cc1[nH]c2c(c1C1CCNCC1)CCC2. The van der Waals surface area contributed by atoms with Crippen LogP contribution >= 0.6 is 0 Å². The molecule has 2 aliphatic rings. The van der Waals surface area contributed by atoms with Crippen molar-refractivity contribution in [3.8, 4) is 0 Å². The summed E-state index contributed by atoms with van der Waals surface area (Å²) in [4.78, 5) is 3.60. The third-order valence-electron chi connectivity index (χ3n) is 4.03. The fourth-order valence-electron chi connectivity index (χ4n) is 3.36. The van der Waals surface area contributed by atoms with Gasteiger partial charge in [-0.05, 0) is 69.2 Å². The zero-order valence-electron chi connectivity index (χ0n) is 9.53. The Morgan fingerprint density at radius 1 is 1.13 bits per heavy atom. The van der Waals surface area contributed by atoms with Crippen molar-refractivity contribution in [1.82, 2.24) is 10.3 Å². The molecule has 0 radical (unpaired) electrons. The highest BCUT2D eigenvalue weighted by Crippen LogP contribution is 2.36. The number of aromatic nitrogens is 1. The molecule has 2 heterocycles. The molecule has 0 unspecified atom stereocenters. The van der Waals surface area contributed by atoms with Gasteiger partial charge in [-0.2, -0.15) is 0 Å². The second kappa shape index (κ2) is 3.67. The summed E-state index contributed by atoms with van der Waals surface area (Å²) in [5, 5.41) is 3.45. The lowest BCUT2D eigenvalue weighted by molar-refractivity contribution is 0.457. The van der Waals surface area contributed by atoms with Crippen molar-refractivity contribution in [1.29, 1.82) is 0 Å². The largest absolute Gasteiger partial charge is 0.362 e. The smallest absolute Gasteiger partial charge is 0.0184 e. The molecule has 0 saturated carbocycles. The van der Waals surface area contributed by atoms with Gasteiger partial charge in [0.25, 0.3) is 0 Å². The van der Waals surface area contributed by atoms with Gasteiger partial charge in [-0.25, -0.2) is 0 Å². The molecule has 1 aromatic heterocycles. The van der Waals surface area contributed by atoms with Crippen LogP contribution in [-0.2, 0) is 12.8 Å². The van der Waals surface area contributed by atoms with Crippen molar-refractivity contribution in [2.75, 3.05) is 13.1 Å². The van der Waals surface area contributed by atoms with Crippen LogP contribution in [0.3, 0.4) is 0 Å². The van der Waals surface area contributed by atoms with Crippen LogP contribution in [0.25, 0.3) is 0 Å². The Kier molecular flexibility index (Phi) is 2.32. The third kappa shape index (κ3) is 1.51. The molecule has 3 rings (SSSR count). The molecule has 2 heteroatoms. The van der Waals surface area contributed by atoms with Gasteiger partial charge in [0.15, 0.2) is 0 Å². The number of fused-ring (bicyclic) bond motifs is 1. The van der Waals surface area contributed by atoms with E-state index in [4.69, 9.17) is 0 Å². The molecular formula is C13H20N2. The van der Waals surface area contributed by atoms with Crippen molar-refractivity contribution in [2.45, 2.75) is 44.9 Å². The lowest BCUT2D eigenvalue weighted by atomic mass is 9.87. The number of aromatic amines is 1. The van der Waals surface area contributed by atoms with Crippen LogP contribution in [0, 0.1) is 6.92 Å². The fourth-order valence-corrected chi connectivity index (χ4v) is 3.36. The number of nitrogens with one attached hydrogen (secondary N) is 2. The van der Waals surface area contributed by atoms with Gasteiger partial charge in [-0.1, -0.05) is 0 Å². The van der Waals surface area contributed by atoms with Crippen molar-refractivity contribution in [3.63, 3.8) is 0 Å². The zero-order chi connectivity index (χ0) is 10.3. The molecule has 82 valence electrons. The maximum absolute atomic E-state index is 3.60. The van der Waals surface area contributed by atoms with E-state index in [2.05, 4.69) is 17.2 Å². The normalized spacial score (nSPS) is 21.9. The molecule has 1 aliphatic heterocycles. The van der Waals surface area contributed by atoms with E-state index in [0.717, 1.165) is 5.92 Å². The number of H-pyrrole nitrogens is 1. The molecule has 0 bridgehead atoms. The number of hydrogen-bond donors (Lipinski definition) is 2. The molecular weight excluding hydrogens is 184 g/mol. The van der Waals surface area contributed by atoms with E-state index in [1.165, 1.54) is 50.9 Å². The molecule has 15 heavy (non-hydrogen) atoms. The Morgan fingerprint density at radius 3 is 2.73 bits per heavy atom. The summed E-state index contributed by atoms with van der Waals surface area (Å²) in [7, 11) is 0. The maximum atomic E-state index is 3.60. The van der Waals surface area contributed by atoms with E-state index in [-0.39, 0.29) is 0 Å². The van der Waals surface area contributed by atoms with Crippen LogP contribution < -0.4 is 5.32 Å². The Morgan fingerprint density at radius 2 is 1.93 bits per heavy atom. The third-order valence-corrected chi connectivity index (χ3v) is 4.03. The molecule has 0 aromatic carbocycles. The number of hydrogen-bond acceptors (Lipinski definition) is 1. The van der Waals surface area contributed by atoms with Crippen molar-refractivity contribution < 1.29 is 0 Å². The first-order chi connectivity index (χ1) is 7.36. The fraction of sp³-hybridized carbons (Fsp3) is 0.692.